The summed E-state index contributed by atoms with van der Waals surface area (Å²) in [5.41, 5.74) is 8.09. The van der Waals surface area contributed by atoms with Crippen molar-refractivity contribution in [3.8, 4) is 0 Å². The predicted octanol–water partition coefficient (Wildman–Crippen LogP) is 1.06. The van der Waals surface area contributed by atoms with E-state index in [2.05, 4.69) is 19.9 Å². The molecule has 2 heterocycles. The molecule has 2 rings (SSSR count). The SMILES string of the molecule is CCc1nc2nc(N)nc(CC)c2[nH]1. The van der Waals surface area contributed by atoms with Gasteiger partial charge in [-0.2, -0.15) is 4.98 Å². The van der Waals surface area contributed by atoms with Gasteiger partial charge in [0.2, 0.25) is 5.95 Å². The Morgan fingerprint density at radius 2 is 1.93 bits per heavy atom. The summed E-state index contributed by atoms with van der Waals surface area (Å²) in [6.07, 6.45) is 1.69. The minimum Gasteiger partial charge on any atom is -0.368 e. The maximum atomic E-state index is 5.57. The number of nitrogen functional groups attached to an aromatic ring is 1. The van der Waals surface area contributed by atoms with Crippen LogP contribution in [-0.4, -0.2) is 19.9 Å². The molecule has 5 nitrogen and oxygen atoms in total. The Labute approximate surface area is 81.8 Å². The molecular weight excluding hydrogens is 178 g/mol. The minimum atomic E-state index is 0.295. The Hall–Kier alpha value is -1.65. The van der Waals surface area contributed by atoms with Gasteiger partial charge < -0.3 is 10.7 Å². The first kappa shape index (κ1) is 8.93. The van der Waals surface area contributed by atoms with Crippen LogP contribution in [0.15, 0.2) is 0 Å². The maximum Gasteiger partial charge on any atom is 0.222 e. The number of hydrogen-bond acceptors (Lipinski definition) is 4. The van der Waals surface area contributed by atoms with E-state index in [0.717, 1.165) is 29.9 Å². The van der Waals surface area contributed by atoms with E-state index in [1.165, 1.54) is 0 Å². The number of aryl methyl sites for hydroxylation is 2. The molecule has 0 saturated heterocycles. The van der Waals surface area contributed by atoms with Gasteiger partial charge in [0.05, 0.1) is 5.69 Å². The average Bonchev–Trinajstić information content (AvgIpc) is 2.59. The molecule has 0 aliphatic rings. The Bertz CT molecular complexity index is 459. The molecule has 0 unspecified atom stereocenters. The molecule has 2 aromatic heterocycles. The zero-order valence-electron chi connectivity index (χ0n) is 8.33. The van der Waals surface area contributed by atoms with Crippen molar-refractivity contribution < 1.29 is 0 Å². The van der Waals surface area contributed by atoms with Crippen LogP contribution in [0.3, 0.4) is 0 Å². The highest BCUT2D eigenvalue weighted by Gasteiger charge is 2.08. The number of nitrogens with zero attached hydrogens (tertiary/aromatic N) is 3. The standard InChI is InChI=1S/C9H13N5/c1-3-5-7-8(14-9(10)11-5)13-6(4-2)12-7/h3-4H2,1-2H3,(H3,10,11,12,13,14). The largest absolute Gasteiger partial charge is 0.368 e. The van der Waals surface area contributed by atoms with Gasteiger partial charge in [-0.3, -0.25) is 0 Å². The van der Waals surface area contributed by atoms with Crippen LogP contribution >= 0.6 is 0 Å². The molecule has 0 radical (unpaired) electrons. The lowest BCUT2D eigenvalue weighted by Gasteiger charge is -1.97. The van der Waals surface area contributed by atoms with Gasteiger partial charge >= 0.3 is 0 Å². The van der Waals surface area contributed by atoms with E-state index < -0.39 is 0 Å². The second kappa shape index (κ2) is 3.25. The first-order valence-electron chi connectivity index (χ1n) is 4.75. The number of imidazole rings is 1. The quantitative estimate of drug-likeness (QED) is 0.743. The third-order valence-corrected chi connectivity index (χ3v) is 2.16. The smallest absolute Gasteiger partial charge is 0.222 e. The Morgan fingerprint density at radius 3 is 2.57 bits per heavy atom. The highest BCUT2D eigenvalue weighted by Crippen LogP contribution is 2.14. The predicted molar refractivity (Wildman–Crippen MR) is 54.9 cm³/mol. The van der Waals surface area contributed by atoms with Gasteiger partial charge in [0.1, 0.15) is 11.3 Å². The van der Waals surface area contributed by atoms with Gasteiger partial charge in [-0.25, -0.2) is 9.97 Å². The molecule has 0 amide bonds. The second-order valence-electron chi connectivity index (χ2n) is 3.12. The van der Waals surface area contributed by atoms with Crippen LogP contribution in [0, 0.1) is 0 Å². The molecule has 0 atom stereocenters. The fraction of sp³-hybridized carbons (Fsp3) is 0.444. The maximum absolute atomic E-state index is 5.57. The number of aromatic nitrogens is 4. The number of aromatic amines is 1. The number of H-pyrrole nitrogens is 1. The van der Waals surface area contributed by atoms with Crippen molar-refractivity contribution in [3.63, 3.8) is 0 Å². The molecule has 0 bridgehead atoms. The molecule has 2 aromatic rings. The van der Waals surface area contributed by atoms with Gasteiger partial charge in [0.15, 0.2) is 5.65 Å². The van der Waals surface area contributed by atoms with Gasteiger partial charge in [-0.05, 0) is 6.42 Å². The molecule has 0 saturated carbocycles. The van der Waals surface area contributed by atoms with Crippen molar-refractivity contribution in [2.75, 3.05) is 5.73 Å². The Balaban J connectivity index is 2.71. The molecule has 0 aromatic carbocycles. The van der Waals surface area contributed by atoms with E-state index in [1.807, 2.05) is 13.8 Å². The first-order chi connectivity index (χ1) is 6.74. The number of rotatable bonds is 2. The van der Waals surface area contributed by atoms with Crippen LogP contribution in [0.25, 0.3) is 11.2 Å². The number of hydrogen-bond donors (Lipinski definition) is 2. The van der Waals surface area contributed by atoms with Crippen molar-refractivity contribution in [2.45, 2.75) is 26.7 Å². The molecular formula is C9H13N5. The van der Waals surface area contributed by atoms with Gasteiger partial charge in [-0.1, -0.05) is 13.8 Å². The van der Waals surface area contributed by atoms with Crippen LogP contribution in [0.4, 0.5) is 5.95 Å². The molecule has 5 heteroatoms. The fourth-order valence-electron chi connectivity index (χ4n) is 1.44. The highest BCUT2D eigenvalue weighted by atomic mass is 15.1. The monoisotopic (exact) mass is 191 g/mol. The van der Waals surface area contributed by atoms with Crippen LogP contribution in [-0.2, 0) is 12.8 Å². The van der Waals surface area contributed by atoms with Gasteiger partial charge in [-0.15, -0.1) is 0 Å². The molecule has 0 aliphatic carbocycles. The Morgan fingerprint density at radius 1 is 1.14 bits per heavy atom. The molecule has 0 aliphatic heterocycles. The van der Waals surface area contributed by atoms with Gasteiger partial charge in [0, 0.05) is 6.42 Å². The third kappa shape index (κ3) is 1.30. The molecule has 3 N–H and O–H groups in total. The van der Waals surface area contributed by atoms with Crippen LogP contribution < -0.4 is 5.73 Å². The lowest BCUT2D eigenvalue weighted by Crippen LogP contribution is -1.99. The van der Waals surface area contributed by atoms with Crippen molar-refractivity contribution in [1.82, 2.24) is 19.9 Å². The first-order valence-corrected chi connectivity index (χ1v) is 4.75. The number of fused-ring (bicyclic) bond motifs is 1. The number of nitrogens with one attached hydrogen (secondary N) is 1. The summed E-state index contributed by atoms with van der Waals surface area (Å²) in [7, 11) is 0. The van der Waals surface area contributed by atoms with E-state index in [-0.39, 0.29) is 0 Å². The summed E-state index contributed by atoms with van der Waals surface area (Å²) in [6, 6.07) is 0. The van der Waals surface area contributed by atoms with Crippen LogP contribution in [0.1, 0.15) is 25.4 Å². The summed E-state index contributed by atoms with van der Waals surface area (Å²) >= 11 is 0. The van der Waals surface area contributed by atoms with Crippen molar-refractivity contribution in [3.05, 3.63) is 11.5 Å². The van der Waals surface area contributed by atoms with Crippen LogP contribution in [0.5, 0.6) is 0 Å². The number of nitrogens with two attached hydrogens (primary N) is 1. The van der Waals surface area contributed by atoms with E-state index in [0.29, 0.717) is 11.6 Å². The summed E-state index contributed by atoms with van der Waals surface area (Å²) < 4.78 is 0. The topological polar surface area (TPSA) is 80.5 Å². The molecule has 14 heavy (non-hydrogen) atoms. The lowest BCUT2D eigenvalue weighted by molar-refractivity contribution is 0.994. The summed E-state index contributed by atoms with van der Waals surface area (Å²) in [6.45, 7) is 4.08. The summed E-state index contributed by atoms with van der Waals surface area (Å²) in [4.78, 5) is 15.8. The van der Waals surface area contributed by atoms with Crippen LogP contribution in [0.2, 0.25) is 0 Å². The van der Waals surface area contributed by atoms with E-state index in [9.17, 15) is 0 Å². The third-order valence-electron chi connectivity index (χ3n) is 2.16. The molecule has 0 fully saturated rings. The minimum absolute atomic E-state index is 0.295. The summed E-state index contributed by atoms with van der Waals surface area (Å²) in [5.74, 6) is 1.22. The van der Waals surface area contributed by atoms with E-state index in [1.54, 1.807) is 0 Å². The van der Waals surface area contributed by atoms with E-state index in [4.69, 9.17) is 5.73 Å². The van der Waals surface area contributed by atoms with Gasteiger partial charge in [0.25, 0.3) is 0 Å². The average molecular weight is 191 g/mol. The van der Waals surface area contributed by atoms with Crippen molar-refractivity contribution in [1.29, 1.82) is 0 Å². The van der Waals surface area contributed by atoms with Crippen molar-refractivity contribution in [2.24, 2.45) is 0 Å². The lowest BCUT2D eigenvalue weighted by atomic mass is 10.3. The fourth-order valence-corrected chi connectivity index (χ4v) is 1.44. The zero-order valence-corrected chi connectivity index (χ0v) is 8.33. The highest BCUT2D eigenvalue weighted by molar-refractivity contribution is 5.74. The zero-order chi connectivity index (χ0) is 10.1. The van der Waals surface area contributed by atoms with Crippen molar-refractivity contribution >= 4 is 17.1 Å². The van der Waals surface area contributed by atoms with E-state index >= 15 is 0 Å². The Kier molecular flexibility index (Phi) is 2.07. The molecule has 74 valence electrons. The molecule has 0 spiro atoms. The summed E-state index contributed by atoms with van der Waals surface area (Å²) in [5, 5.41) is 0. The second-order valence-corrected chi connectivity index (χ2v) is 3.12. The number of anilines is 1. The normalized spacial score (nSPS) is 11.0.